The standard InChI is InChI=1S/C24H28FN3O6S2/c1-15-19-12-16(6-9-22(19)36(32,33)28(15)10-11-35(30,31)26-5)20-14-27(23(29)34-24(2,3)4)21-13-17(25)7-8-18(20)21/h6-9,12-15,26H,10-11H2,1-5H3. The van der Waals surface area contributed by atoms with Crippen molar-refractivity contribution >= 4 is 37.0 Å². The summed E-state index contributed by atoms with van der Waals surface area (Å²) >= 11 is 0. The molecule has 1 atom stereocenters. The molecular weight excluding hydrogens is 509 g/mol. The van der Waals surface area contributed by atoms with Crippen LogP contribution in [-0.4, -0.2) is 56.7 Å². The summed E-state index contributed by atoms with van der Waals surface area (Å²) in [4.78, 5) is 13.0. The molecule has 3 aromatic rings. The fourth-order valence-electron chi connectivity index (χ4n) is 4.29. The van der Waals surface area contributed by atoms with E-state index >= 15 is 0 Å². The van der Waals surface area contributed by atoms with Crippen molar-refractivity contribution < 1.29 is 30.8 Å². The molecule has 0 saturated heterocycles. The fourth-order valence-corrected chi connectivity index (χ4v) is 6.92. The van der Waals surface area contributed by atoms with E-state index in [1.165, 1.54) is 29.8 Å². The maximum absolute atomic E-state index is 14.1. The van der Waals surface area contributed by atoms with Crippen LogP contribution in [0.2, 0.25) is 0 Å². The van der Waals surface area contributed by atoms with E-state index < -0.39 is 43.6 Å². The van der Waals surface area contributed by atoms with Gasteiger partial charge in [0.2, 0.25) is 20.0 Å². The summed E-state index contributed by atoms with van der Waals surface area (Å²) in [5.74, 6) is -0.888. The third-order valence-corrected chi connectivity index (χ3v) is 9.42. The lowest BCUT2D eigenvalue weighted by Gasteiger charge is -2.19. The topological polar surface area (TPSA) is 115 Å². The molecular formula is C24H28FN3O6S2. The Hall–Kier alpha value is -2.80. The highest BCUT2D eigenvalue weighted by Crippen LogP contribution is 2.42. The number of carbonyl (C=O) groups excluding carboxylic acids is 1. The summed E-state index contributed by atoms with van der Waals surface area (Å²) in [6.45, 7) is 6.68. The molecule has 4 rings (SSSR count). The molecule has 0 spiro atoms. The smallest absolute Gasteiger partial charge is 0.419 e. The maximum Gasteiger partial charge on any atom is 0.419 e. The summed E-state index contributed by atoms with van der Waals surface area (Å²) in [5, 5.41) is 0.590. The second-order valence-electron chi connectivity index (χ2n) is 9.62. The van der Waals surface area contributed by atoms with E-state index in [9.17, 15) is 26.0 Å². The number of hydrogen-bond acceptors (Lipinski definition) is 6. The van der Waals surface area contributed by atoms with Crippen LogP contribution in [0.5, 0.6) is 0 Å². The highest BCUT2D eigenvalue weighted by atomic mass is 32.2. The molecule has 1 unspecified atom stereocenters. The van der Waals surface area contributed by atoms with Crippen molar-refractivity contribution in [1.29, 1.82) is 0 Å². The number of nitrogens with one attached hydrogen (secondary N) is 1. The number of carbonyl (C=O) groups is 1. The third-order valence-electron chi connectivity index (χ3n) is 6.04. The van der Waals surface area contributed by atoms with Crippen LogP contribution in [0.25, 0.3) is 22.0 Å². The number of fused-ring (bicyclic) bond motifs is 2. The van der Waals surface area contributed by atoms with Gasteiger partial charge in [-0.15, -0.1) is 0 Å². The molecule has 9 nitrogen and oxygen atoms in total. The molecule has 0 bridgehead atoms. The molecule has 36 heavy (non-hydrogen) atoms. The Labute approximate surface area is 210 Å². The molecule has 0 fully saturated rings. The minimum atomic E-state index is -3.89. The Bertz CT molecular complexity index is 1570. The molecule has 2 heterocycles. The van der Waals surface area contributed by atoms with Gasteiger partial charge in [0.15, 0.2) is 0 Å². The Morgan fingerprint density at radius 2 is 1.86 bits per heavy atom. The first kappa shape index (κ1) is 26.3. The maximum atomic E-state index is 14.1. The molecule has 1 aromatic heterocycles. The molecule has 0 radical (unpaired) electrons. The normalized spacial score (nSPS) is 17.9. The van der Waals surface area contributed by atoms with Crippen molar-refractivity contribution in [3.63, 3.8) is 0 Å². The van der Waals surface area contributed by atoms with E-state index in [2.05, 4.69) is 4.72 Å². The average molecular weight is 538 g/mol. The predicted molar refractivity (Wildman–Crippen MR) is 134 cm³/mol. The van der Waals surface area contributed by atoms with Gasteiger partial charge in [-0.05, 0) is 76.2 Å². The van der Waals surface area contributed by atoms with E-state index in [-0.39, 0.29) is 17.2 Å². The molecule has 0 saturated carbocycles. The lowest BCUT2D eigenvalue weighted by molar-refractivity contribution is 0.0544. The van der Waals surface area contributed by atoms with E-state index in [0.29, 0.717) is 27.6 Å². The quantitative estimate of drug-likeness (QED) is 0.529. The number of sulfonamides is 2. The number of aromatic nitrogens is 1. The summed E-state index contributed by atoms with van der Waals surface area (Å²) in [5.41, 5.74) is 1.29. The molecule has 0 amide bonds. The van der Waals surface area contributed by atoms with Gasteiger partial charge >= 0.3 is 6.09 Å². The first-order valence-electron chi connectivity index (χ1n) is 11.3. The summed E-state index contributed by atoms with van der Waals surface area (Å²) in [6, 6.07) is 8.29. The van der Waals surface area contributed by atoms with Crippen LogP contribution in [0, 0.1) is 5.82 Å². The number of ether oxygens (including phenoxy) is 1. The van der Waals surface area contributed by atoms with Crippen LogP contribution in [0.4, 0.5) is 9.18 Å². The Balaban J connectivity index is 1.79. The van der Waals surface area contributed by atoms with Crippen molar-refractivity contribution in [2.45, 2.75) is 44.2 Å². The predicted octanol–water partition coefficient (Wildman–Crippen LogP) is 3.85. The van der Waals surface area contributed by atoms with E-state index in [0.717, 1.165) is 4.31 Å². The number of hydrogen-bond donors (Lipinski definition) is 1. The summed E-state index contributed by atoms with van der Waals surface area (Å²) in [6.07, 6.45) is 0.879. The summed E-state index contributed by atoms with van der Waals surface area (Å²) < 4.78 is 74.2. The number of benzene rings is 2. The van der Waals surface area contributed by atoms with Crippen molar-refractivity contribution in [2.75, 3.05) is 19.3 Å². The summed E-state index contributed by atoms with van der Waals surface area (Å²) in [7, 11) is -6.21. The Morgan fingerprint density at radius 1 is 1.17 bits per heavy atom. The largest absolute Gasteiger partial charge is 0.443 e. The van der Waals surface area contributed by atoms with Gasteiger partial charge in [0, 0.05) is 29.7 Å². The van der Waals surface area contributed by atoms with Gasteiger partial charge < -0.3 is 4.74 Å². The lowest BCUT2D eigenvalue weighted by atomic mass is 9.99. The van der Waals surface area contributed by atoms with Crippen molar-refractivity contribution in [3.05, 3.63) is 54.0 Å². The van der Waals surface area contributed by atoms with Gasteiger partial charge in [0.1, 0.15) is 11.4 Å². The van der Waals surface area contributed by atoms with Crippen molar-refractivity contribution in [1.82, 2.24) is 13.6 Å². The van der Waals surface area contributed by atoms with Crippen LogP contribution in [0.3, 0.4) is 0 Å². The third kappa shape index (κ3) is 4.77. The van der Waals surface area contributed by atoms with Crippen LogP contribution in [-0.2, 0) is 24.8 Å². The highest BCUT2D eigenvalue weighted by Gasteiger charge is 2.40. The van der Waals surface area contributed by atoms with Gasteiger partial charge in [0.25, 0.3) is 0 Å². The number of rotatable bonds is 5. The van der Waals surface area contributed by atoms with Crippen LogP contribution < -0.4 is 4.72 Å². The first-order valence-corrected chi connectivity index (χ1v) is 14.4. The van der Waals surface area contributed by atoms with Crippen LogP contribution >= 0.6 is 0 Å². The Kier molecular flexibility index (Phi) is 6.53. The lowest BCUT2D eigenvalue weighted by Crippen LogP contribution is -2.35. The monoisotopic (exact) mass is 537 g/mol. The van der Waals surface area contributed by atoms with Crippen molar-refractivity contribution in [2.24, 2.45) is 0 Å². The zero-order valence-corrected chi connectivity index (χ0v) is 22.2. The van der Waals surface area contributed by atoms with E-state index in [1.54, 1.807) is 52.1 Å². The van der Waals surface area contributed by atoms with Gasteiger partial charge in [-0.2, -0.15) is 4.31 Å². The first-order chi connectivity index (χ1) is 16.6. The van der Waals surface area contributed by atoms with Gasteiger partial charge in [-0.3, -0.25) is 4.57 Å². The van der Waals surface area contributed by atoms with Crippen LogP contribution in [0.1, 0.15) is 39.3 Å². The van der Waals surface area contributed by atoms with Crippen LogP contribution in [0.15, 0.2) is 47.5 Å². The zero-order chi connectivity index (χ0) is 26.6. The second kappa shape index (κ2) is 8.94. The van der Waals surface area contributed by atoms with Gasteiger partial charge in [-0.25, -0.2) is 30.7 Å². The molecule has 1 aliphatic heterocycles. The van der Waals surface area contributed by atoms with Gasteiger partial charge in [-0.1, -0.05) is 6.07 Å². The second-order valence-corrected chi connectivity index (χ2v) is 13.5. The average Bonchev–Trinajstić information content (AvgIpc) is 3.24. The van der Waals surface area contributed by atoms with Gasteiger partial charge in [0.05, 0.1) is 16.2 Å². The molecule has 194 valence electrons. The molecule has 1 aliphatic rings. The molecule has 12 heteroatoms. The highest BCUT2D eigenvalue weighted by molar-refractivity contribution is 7.90. The number of nitrogens with zero attached hydrogens (tertiary/aromatic N) is 2. The molecule has 0 aliphatic carbocycles. The number of halogens is 1. The zero-order valence-electron chi connectivity index (χ0n) is 20.6. The van der Waals surface area contributed by atoms with E-state index in [1.807, 2.05) is 0 Å². The SMILES string of the molecule is CNS(=O)(=O)CCN1C(C)c2cc(-c3cn(C(=O)OC(C)(C)C)c4cc(F)ccc34)ccc2S1(=O)=O. The van der Waals surface area contributed by atoms with E-state index in [4.69, 9.17) is 4.74 Å². The Morgan fingerprint density at radius 3 is 2.50 bits per heavy atom. The molecule has 2 aromatic carbocycles. The fraction of sp³-hybridized carbons (Fsp3) is 0.375. The molecule has 1 N–H and O–H groups in total. The minimum Gasteiger partial charge on any atom is -0.443 e. The van der Waals surface area contributed by atoms with Crippen molar-refractivity contribution in [3.8, 4) is 11.1 Å². The minimum absolute atomic E-state index is 0.0996.